The Balaban J connectivity index is 3.41. The van der Waals surface area contributed by atoms with Crippen molar-refractivity contribution in [3.05, 3.63) is 28.8 Å². The second kappa shape index (κ2) is 4.94. The van der Waals surface area contributed by atoms with Crippen LogP contribution in [0.4, 0.5) is 0 Å². The summed E-state index contributed by atoms with van der Waals surface area (Å²) < 4.78 is 4.68. The Morgan fingerprint density at radius 2 is 2.31 bits per heavy atom. The number of nitrogens with zero attached hydrogens (tertiary/aromatic N) is 1. The lowest BCUT2D eigenvalue weighted by atomic mass is 10.0. The van der Waals surface area contributed by atoms with Crippen LogP contribution in [0.5, 0.6) is 5.75 Å². The summed E-state index contributed by atoms with van der Waals surface area (Å²) in [5.74, 6) is -1.20. The summed E-state index contributed by atoms with van der Waals surface area (Å²) in [4.78, 5) is 22.3. The molecule has 0 bridgehead atoms. The quantitative estimate of drug-likeness (QED) is 0.610. The molecule has 0 saturated carbocycles. The predicted molar refractivity (Wildman–Crippen MR) is 54.2 cm³/mol. The lowest BCUT2D eigenvalue weighted by Crippen LogP contribution is -2.09. The maximum absolute atomic E-state index is 11.5. The number of esters is 1. The van der Waals surface area contributed by atoms with Crippen molar-refractivity contribution in [3.63, 3.8) is 0 Å². The number of phenolic OH excluding ortho intramolecular Hbond substituents is 1. The van der Waals surface area contributed by atoms with Crippen molar-refractivity contribution in [1.29, 1.82) is 5.26 Å². The van der Waals surface area contributed by atoms with Crippen LogP contribution in [0.2, 0.25) is 0 Å². The van der Waals surface area contributed by atoms with Crippen molar-refractivity contribution >= 4 is 12.3 Å². The second-order valence-electron chi connectivity index (χ2n) is 2.87. The molecule has 0 unspecified atom stereocenters. The van der Waals surface area contributed by atoms with Crippen molar-refractivity contribution in [1.82, 2.24) is 0 Å². The minimum Gasteiger partial charge on any atom is -0.507 e. The van der Waals surface area contributed by atoms with E-state index in [0.717, 1.165) is 0 Å². The standard InChI is InChI=1S/C11H9NO4/c1-2-16-11(15)10-8(6-13)7(5-12)3-4-9(10)14/h3-4,6,14H,2H2,1H3. The molecule has 1 aromatic carbocycles. The van der Waals surface area contributed by atoms with Crippen molar-refractivity contribution in [2.45, 2.75) is 6.92 Å². The Kier molecular flexibility index (Phi) is 3.62. The Morgan fingerprint density at radius 1 is 1.62 bits per heavy atom. The van der Waals surface area contributed by atoms with Crippen LogP contribution in [0.15, 0.2) is 12.1 Å². The van der Waals surface area contributed by atoms with Gasteiger partial charge in [0.2, 0.25) is 0 Å². The van der Waals surface area contributed by atoms with Gasteiger partial charge < -0.3 is 9.84 Å². The average molecular weight is 219 g/mol. The zero-order chi connectivity index (χ0) is 12.1. The molecule has 0 amide bonds. The van der Waals surface area contributed by atoms with E-state index in [4.69, 9.17) is 5.26 Å². The van der Waals surface area contributed by atoms with Gasteiger partial charge in [-0.2, -0.15) is 5.26 Å². The number of aromatic hydroxyl groups is 1. The number of ether oxygens (including phenoxy) is 1. The molecular weight excluding hydrogens is 210 g/mol. The molecule has 5 nitrogen and oxygen atoms in total. The number of carbonyl (C=O) groups is 2. The summed E-state index contributed by atoms with van der Waals surface area (Å²) in [7, 11) is 0. The Morgan fingerprint density at radius 3 is 2.81 bits per heavy atom. The van der Waals surface area contributed by atoms with E-state index >= 15 is 0 Å². The topological polar surface area (TPSA) is 87.4 Å². The molecule has 0 aliphatic carbocycles. The number of benzene rings is 1. The zero-order valence-electron chi connectivity index (χ0n) is 8.56. The average Bonchev–Trinajstić information content (AvgIpc) is 2.28. The van der Waals surface area contributed by atoms with Crippen LogP contribution in [0, 0.1) is 11.3 Å². The third-order valence-electron chi connectivity index (χ3n) is 1.94. The van der Waals surface area contributed by atoms with Gasteiger partial charge in [-0.25, -0.2) is 4.79 Å². The minimum absolute atomic E-state index is 0.0239. The molecule has 1 rings (SSSR count). The van der Waals surface area contributed by atoms with Gasteiger partial charge in [-0.3, -0.25) is 4.79 Å². The summed E-state index contributed by atoms with van der Waals surface area (Å²) in [6.45, 7) is 1.72. The van der Waals surface area contributed by atoms with Gasteiger partial charge in [0.05, 0.1) is 23.8 Å². The van der Waals surface area contributed by atoms with Crippen molar-refractivity contribution in [3.8, 4) is 11.8 Å². The summed E-state index contributed by atoms with van der Waals surface area (Å²) in [6.07, 6.45) is 0.352. The minimum atomic E-state index is -0.820. The number of rotatable bonds is 3. The fourth-order valence-corrected chi connectivity index (χ4v) is 1.25. The zero-order valence-corrected chi connectivity index (χ0v) is 8.56. The highest BCUT2D eigenvalue weighted by molar-refractivity contribution is 6.02. The van der Waals surface area contributed by atoms with E-state index in [2.05, 4.69) is 4.74 Å². The van der Waals surface area contributed by atoms with Crippen LogP contribution in [-0.2, 0) is 4.74 Å². The number of hydrogen-bond donors (Lipinski definition) is 1. The highest BCUT2D eigenvalue weighted by Gasteiger charge is 2.20. The van der Waals surface area contributed by atoms with Gasteiger partial charge in [0.1, 0.15) is 11.3 Å². The third-order valence-corrected chi connectivity index (χ3v) is 1.94. The van der Waals surface area contributed by atoms with Gasteiger partial charge in [0, 0.05) is 0 Å². The van der Waals surface area contributed by atoms with Crippen LogP contribution >= 0.6 is 0 Å². The molecular formula is C11H9NO4. The van der Waals surface area contributed by atoms with Gasteiger partial charge in [0.25, 0.3) is 0 Å². The van der Waals surface area contributed by atoms with E-state index < -0.39 is 5.97 Å². The molecule has 0 heterocycles. The number of aldehydes is 1. The van der Waals surface area contributed by atoms with Crippen LogP contribution in [0.1, 0.15) is 33.2 Å². The summed E-state index contributed by atoms with van der Waals surface area (Å²) >= 11 is 0. The lowest BCUT2D eigenvalue weighted by molar-refractivity contribution is 0.0521. The number of phenols is 1. The SMILES string of the molecule is CCOC(=O)c1c(O)ccc(C#N)c1C=O. The largest absolute Gasteiger partial charge is 0.507 e. The van der Waals surface area contributed by atoms with E-state index in [1.165, 1.54) is 12.1 Å². The van der Waals surface area contributed by atoms with Crippen LogP contribution in [-0.4, -0.2) is 24.0 Å². The molecule has 0 aromatic heterocycles. The molecule has 1 aromatic rings. The van der Waals surface area contributed by atoms with Crippen molar-refractivity contribution < 1.29 is 19.4 Å². The van der Waals surface area contributed by atoms with Gasteiger partial charge in [-0.15, -0.1) is 0 Å². The van der Waals surface area contributed by atoms with E-state index in [1.807, 2.05) is 0 Å². The highest BCUT2D eigenvalue weighted by atomic mass is 16.5. The molecule has 0 aliphatic rings. The monoisotopic (exact) mass is 219 g/mol. The normalized spacial score (nSPS) is 9.25. The van der Waals surface area contributed by atoms with Crippen LogP contribution < -0.4 is 0 Å². The van der Waals surface area contributed by atoms with Gasteiger partial charge in [0.15, 0.2) is 6.29 Å². The maximum atomic E-state index is 11.5. The molecule has 16 heavy (non-hydrogen) atoms. The molecule has 0 saturated heterocycles. The molecule has 0 fully saturated rings. The van der Waals surface area contributed by atoms with Gasteiger partial charge in [-0.05, 0) is 19.1 Å². The first kappa shape index (κ1) is 11.7. The molecule has 0 aliphatic heterocycles. The Bertz CT molecular complexity index is 474. The number of hydrogen-bond acceptors (Lipinski definition) is 5. The summed E-state index contributed by atoms with van der Waals surface area (Å²) in [5.41, 5.74) is -0.396. The first-order chi connectivity index (χ1) is 7.65. The van der Waals surface area contributed by atoms with E-state index in [0.29, 0.717) is 6.29 Å². The predicted octanol–water partition coefficient (Wildman–Crippen LogP) is 1.25. The molecule has 1 N–H and O–H groups in total. The van der Waals surface area contributed by atoms with Gasteiger partial charge >= 0.3 is 5.97 Å². The van der Waals surface area contributed by atoms with Crippen LogP contribution in [0.3, 0.4) is 0 Å². The molecule has 0 spiro atoms. The first-order valence-corrected chi connectivity index (χ1v) is 4.54. The van der Waals surface area contributed by atoms with Gasteiger partial charge in [-0.1, -0.05) is 0 Å². The second-order valence-corrected chi connectivity index (χ2v) is 2.87. The summed E-state index contributed by atoms with van der Waals surface area (Å²) in [5, 5.41) is 18.2. The Hall–Kier alpha value is -2.35. The molecule has 0 atom stereocenters. The molecule has 0 radical (unpaired) electrons. The van der Waals surface area contributed by atoms with E-state index in [1.54, 1.807) is 13.0 Å². The van der Waals surface area contributed by atoms with Crippen molar-refractivity contribution in [2.75, 3.05) is 6.61 Å². The number of carbonyl (C=O) groups excluding carboxylic acids is 2. The maximum Gasteiger partial charge on any atom is 0.342 e. The van der Waals surface area contributed by atoms with Crippen molar-refractivity contribution in [2.24, 2.45) is 0 Å². The first-order valence-electron chi connectivity index (χ1n) is 4.54. The fraction of sp³-hybridized carbons (Fsp3) is 0.182. The summed E-state index contributed by atoms with van der Waals surface area (Å²) in [6, 6.07) is 4.20. The number of nitriles is 1. The van der Waals surface area contributed by atoms with E-state index in [-0.39, 0.29) is 29.0 Å². The lowest BCUT2D eigenvalue weighted by Gasteiger charge is -2.07. The smallest absolute Gasteiger partial charge is 0.342 e. The highest BCUT2D eigenvalue weighted by Crippen LogP contribution is 2.24. The van der Waals surface area contributed by atoms with Crippen LogP contribution in [0.25, 0.3) is 0 Å². The molecule has 5 heteroatoms. The third kappa shape index (κ3) is 2.01. The van der Waals surface area contributed by atoms with E-state index in [9.17, 15) is 14.7 Å². The Labute approximate surface area is 91.9 Å². The fourth-order valence-electron chi connectivity index (χ4n) is 1.25. The molecule has 82 valence electrons.